The fraction of sp³-hybridized carbons (Fsp3) is 0.176. The van der Waals surface area contributed by atoms with Crippen LogP contribution in [0.25, 0.3) is 0 Å². The summed E-state index contributed by atoms with van der Waals surface area (Å²) in [4.78, 5) is 23.7. The number of hydrazine groups is 1. The fourth-order valence-corrected chi connectivity index (χ4v) is 2.16. The van der Waals surface area contributed by atoms with Crippen molar-refractivity contribution in [1.29, 1.82) is 0 Å². The Labute approximate surface area is 143 Å². The predicted octanol–water partition coefficient (Wildman–Crippen LogP) is 2.85. The van der Waals surface area contributed by atoms with Crippen molar-refractivity contribution in [2.24, 2.45) is 0 Å². The molecular weight excluding hydrogens is 360 g/mol. The van der Waals surface area contributed by atoms with Crippen LogP contribution >= 0.6 is 15.9 Å². The highest BCUT2D eigenvalue weighted by molar-refractivity contribution is 9.10. The molecular formula is C17H17BrN2O3. The van der Waals surface area contributed by atoms with Gasteiger partial charge in [0.25, 0.3) is 5.91 Å². The van der Waals surface area contributed by atoms with Gasteiger partial charge < -0.3 is 4.74 Å². The first kappa shape index (κ1) is 17.0. The van der Waals surface area contributed by atoms with Crippen LogP contribution in [0.4, 0.5) is 0 Å². The van der Waals surface area contributed by atoms with E-state index in [1.165, 1.54) is 0 Å². The minimum atomic E-state index is -0.363. The molecule has 2 aromatic rings. The van der Waals surface area contributed by atoms with Crippen LogP contribution in [0.3, 0.4) is 0 Å². The van der Waals surface area contributed by atoms with E-state index >= 15 is 0 Å². The molecule has 2 N–H and O–H groups in total. The number of carbonyl (C=O) groups is 2. The summed E-state index contributed by atoms with van der Waals surface area (Å²) in [7, 11) is 0. The number of amides is 2. The van der Waals surface area contributed by atoms with Crippen molar-refractivity contribution < 1.29 is 14.3 Å². The van der Waals surface area contributed by atoms with E-state index in [1.54, 1.807) is 24.3 Å². The van der Waals surface area contributed by atoms with E-state index in [9.17, 15) is 9.59 Å². The average Bonchev–Trinajstić information content (AvgIpc) is 2.55. The molecule has 0 radical (unpaired) electrons. The molecule has 0 heterocycles. The molecule has 0 saturated heterocycles. The van der Waals surface area contributed by atoms with Gasteiger partial charge in [0.05, 0.1) is 13.0 Å². The van der Waals surface area contributed by atoms with Crippen molar-refractivity contribution in [3.05, 3.63) is 64.1 Å². The van der Waals surface area contributed by atoms with Gasteiger partial charge in [0.1, 0.15) is 5.75 Å². The number of nitrogens with one attached hydrogen (secondary N) is 2. The topological polar surface area (TPSA) is 67.4 Å². The second kappa shape index (κ2) is 8.33. The Morgan fingerprint density at radius 3 is 2.26 bits per heavy atom. The normalized spacial score (nSPS) is 10.0. The maximum absolute atomic E-state index is 11.9. The average molecular weight is 377 g/mol. The van der Waals surface area contributed by atoms with Gasteiger partial charge in [-0.05, 0) is 48.9 Å². The lowest BCUT2D eigenvalue weighted by Crippen LogP contribution is -2.42. The number of carbonyl (C=O) groups excluding carboxylic acids is 2. The van der Waals surface area contributed by atoms with Gasteiger partial charge in [-0.3, -0.25) is 20.4 Å². The number of halogens is 1. The maximum atomic E-state index is 11.9. The van der Waals surface area contributed by atoms with E-state index in [1.807, 2.05) is 31.2 Å². The van der Waals surface area contributed by atoms with Crippen LogP contribution in [-0.2, 0) is 11.2 Å². The molecule has 0 unspecified atom stereocenters. The zero-order valence-corrected chi connectivity index (χ0v) is 14.2. The Bertz CT molecular complexity index is 669. The lowest BCUT2D eigenvalue weighted by Gasteiger charge is -2.08. The monoisotopic (exact) mass is 376 g/mol. The summed E-state index contributed by atoms with van der Waals surface area (Å²) < 4.78 is 6.22. The number of benzene rings is 2. The first-order chi connectivity index (χ1) is 11.1. The van der Waals surface area contributed by atoms with E-state index in [2.05, 4.69) is 26.8 Å². The van der Waals surface area contributed by atoms with Crippen molar-refractivity contribution in [2.75, 3.05) is 6.61 Å². The van der Waals surface area contributed by atoms with E-state index < -0.39 is 0 Å². The van der Waals surface area contributed by atoms with Gasteiger partial charge in [0.2, 0.25) is 5.91 Å². The zero-order chi connectivity index (χ0) is 16.7. The van der Waals surface area contributed by atoms with Crippen molar-refractivity contribution in [3.63, 3.8) is 0 Å². The third-order valence-electron chi connectivity index (χ3n) is 3.02. The smallest absolute Gasteiger partial charge is 0.269 e. The second-order valence-electron chi connectivity index (χ2n) is 4.76. The molecule has 0 aliphatic rings. The number of hydrogen-bond donors (Lipinski definition) is 2. The molecule has 0 atom stereocenters. The Kier molecular flexibility index (Phi) is 6.17. The van der Waals surface area contributed by atoms with Gasteiger partial charge in [-0.2, -0.15) is 0 Å². The standard InChI is InChI=1S/C17H17BrN2O3/c1-2-23-15-9-3-12(4-10-15)11-16(21)19-20-17(22)13-5-7-14(18)8-6-13/h3-10H,2,11H2,1H3,(H,19,21)(H,20,22). The fourth-order valence-electron chi connectivity index (χ4n) is 1.90. The number of rotatable bonds is 5. The third-order valence-corrected chi connectivity index (χ3v) is 3.55. The highest BCUT2D eigenvalue weighted by atomic mass is 79.9. The summed E-state index contributed by atoms with van der Waals surface area (Å²) in [6, 6.07) is 14.1. The molecule has 0 fully saturated rings. The molecule has 0 aliphatic carbocycles. The first-order valence-electron chi connectivity index (χ1n) is 7.15. The summed E-state index contributed by atoms with van der Waals surface area (Å²) in [6.07, 6.45) is 0.174. The lowest BCUT2D eigenvalue weighted by molar-refractivity contribution is -0.121. The minimum absolute atomic E-state index is 0.174. The molecule has 2 rings (SSSR count). The van der Waals surface area contributed by atoms with Crippen molar-refractivity contribution >= 4 is 27.7 Å². The Morgan fingerprint density at radius 2 is 1.65 bits per heavy atom. The van der Waals surface area contributed by atoms with Crippen LogP contribution in [0.15, 0.2) is 53.0 Å². The summed E-state index contributed by atoms with van der Waals surface area (Å²) in [5, 5.41) is 0. The lowest BCUT2D eigenvalue weighted by atomic mass is 10.1. The molecule has 23 heavy (non-hydrogen) atoms. The first-order valence-corrected chi connectivity index (χ1v) is 7.94. The van der Waals surface area contributed by atoms with Crippen molar-refractivity contribution in [1.82, 2.24) is 10.9 Å². The second-order valence-corrected chi connectivity index (χ2v) is 5.68. The van der Waals surface area contributed by atoms with Crippen LogP contribution in [-0.4, -0.2) is 18.4 Å². The van der Waals surface area contributed by atoms with Gasteiger partial charge in [0.15, 0.2) is 0 Å². The molecule has 0 bridgehead atoms. The molecule has 5 nitrogen and oxygen atoms in total. The molecule has 0 aromatic heterocycles. The maximum Gasteiger partial charge on any atom is 0.269 e. The van der Waals surface area contributed by atoms with E-state index in [0.717, 1.165) is 15.8 Å². The van der Waals surface area contributed by atoms with Crippen LogP contribution in [0.2, 0.25) is 0 Å². The van der Waals surface area contributed by atoms with Crippen LogP contribution in [0, 0.1) is 0 Å². The summed E-state index contributed by atoms with van der Waals surface area (Å²) in [5.41, 5.74) is 6.10. The zero-order valence-electron chi connectivity index (χ0n) is 12.6. The highest BCUT2D eigenvalue weighted by Crippen LogP contribution is 2.12. The van der Waals surface area contributed by atoms with Gasteiger partial charge in [0, 0.05) is 10.0 Å². The number of hydrogen-bond acceptors (Lipinski definition) is 3. The number of ether oxygens (including phenoxy) is 1. The Morgan fingerprint density at radius 1 is 1.00 bits per heavy atom. The van der Waals surface area contributed by atoms with Gasteiger partial charge in [-0.25, -0.2) is 0 Å². The van der Waals surface area contributed by atoms with Crippen LogP contribution < -0.4 is 15.6 Å². The van der Waals surface area contributed by atoms with Gasteiger partial charge in [-0.1, -0.05) is 28.1 Å². The van der Waals surface area contributed by atoms with E-state index in [-0.39, 0.29) is 18.2 Å². The Hall–Kier alpha value is -2.34. The van der Waals surface area contributed by atoms with Crippen LogP contribution in [0.5, 0.6) is 5.75 Å². The van der Waals surface area contributed by atoms with Crippen molar-refractivity contribution in [3.8, 4) is 5.75 Å². The molecule has 6 heteroatoms. The molecule has 0 aliphatic heterocycles. The quantitative estimate of drug-likeness (QED) is 0.788. The molecule has 120 valence electrons. The van der Waals surface area contributed by atoms with Crippen LogP contribution in [0.1, 0.15) is 22.8 Å². The van der Waals surface area contributed by atoms with E-state index in [4.69, 9.17) is 4.74 Å². The summed E-state index contributed by atoms with van der Waals surface area (Å²) >= 11 is 3.30. The molecule has 0 saturated carbocycles. The highest BCUT2D eigenvalue weighted by Gasteiger charge is 2.08. The molecule has 2 amide bonds. The van der Waals surface area contributed by atoms with Crippen molar-refractivity contribution in [2.45, 2.75) is 13.3 Å². The summed E-state index contributed by atoms with van der Waals surface area (Å²) in [5.74, 6) is 0.109. The predicted molar refractivity (Wildman–Crippen MR) is 91.1 cm³/mol. The summed E-state index contributed by atoms with van der Waals surface area (Å²) in [6.45, 7) is 2.51. The third kappa shape index (κ3) is 5.41. The SMILES string of the molecule is CCOc1ccc(CC(=O)NNC(=O)c2ccc(Br)cc2)cc1. The largest absolute Gasteiger partial charge is 0.494 e. The minimum Gasteiger partial charge on any atom is -0.494 e. The Balaban J connectivity index is 1.82. The molecule has 2 aromatic carbocycles. The van der Waals surface area contributed by atoms with Gasteiger partial charge in [-0.15, -0.1) is 0 Å². The van der Waals surface area contributed by atoms with Gasteiger partial charge >= 0.3 is 0 Å². The molecule has 0 spiro atoms. The van der Waals surface area contributed by atoms with E-state index in [0.29, 0.717) is 12.2 Å².